The van der Waals surface area contributed by atoms with E-state index < -0.39 is 0 Å². The molecule has 0 N–H and O–H groups in total. The summed E-state index contributed by atoms with van der Waals surface area (Å²) in [7, 11) is 0. The van der Waals surface area contributed by atoms with Crippen LogP contribution in [0.3, 0.4) is 0 Å². The minimum Gasteiger partial charge on any atom is -0.487 e. The molecule has 0 heterocycles. The molecule has 13 heavy (non-hydrogen) atoms. The summed E-state index contributed by atoms with van der Waals surface area (Å²) in [6.07, 6.45) is 0.524. The summed E-state index contributed by atoms with van der Waals surface area (Å²) in [5.74, 6) is 0.194. The average Bonchev–Trinajstić information content (AvgIpc) is 2.04. The monoisotopic (exact) mass is 202 g/mol. The fraction of sp³-hybridized carbons (Fsp3) is 0.800. The lowest BCUT2D eigenvalue weighted by Crippen LogP contribution is -2.28. The van der Waals surface area contributed by atoms with Gasteiger partial charge in [0.15, 0.2) is 5.05 Å². The summed E-state index contributed by atoms with van der Waals surface area (Å²) in [5, 5.41) is 0.448. The topological polar surface area (TPSA) is 26.3 Å². The van der Waals surface area contributed by atoms with Crippen LogP contribution in [0.2, 0.25) is 0 Å². The highest BCUT2D eigenvalue weighted by atomic mass is 32.1. The normalized spacial score (nSPS) is 12.7. The molecule has 76 valence electrons. The highest BCUT2D eigenvalue weighted by molar-refractivity contribution is 7.80. The first kappa shape index (κ1) is 12.6. The Morgan fingerprint density at radius 1 is 1.38 bits per heavy atom. The smallest absolute Gasteiger partial charge is 0.170 e. The fourth-order valence-corrected chi connectivity index (χ4v) is 1.75. The van der Waals surface area contributed by atoms with Crippen molar-refractivity contribution in [3.8, 4) is 0 Å². The predicted molar refractivity (Wildman–Crippen MR) is 57.9 cm³/mol. The zero-order chi connectivity index (χ0) is 10.4. The molecule has 0 rings (SSSR count). The van der Waals surface area contributed by atoms with Crippen LogP contribution in [0.25, 0.3) is 0 Å². The number of hydrogen-bond acceptors (Lipinski definition) is 3. The number of ether oxygens (including phenoxy) is 1. The summed E-state index contributed by atoms with van der Waals surface area (Å²) >= 11 is 5.05. The molecule has 0 aliphatic rings. The van der Waals surface area contributed by atoms with E-state index >= 15 is 0 Å². The van der Waals surface area contributed by atoms with Crippen molar-refractivity contribution in [2.75, 3.05) is 6.61 Å². The summed E-state index contributed by atoms with van der Waals surface area (Å²) in [5.41, 5.74) is 0. The van der Waals surface area contributed by atoms with Crippen molar-refractivity contribution in [1.29, 1.82) is 0 Å². The molecule has 0 radical (unpaired) electrons. The minimum absolute atomic E-state index is 0.174. The van der Waals surface area contributed by atoms with Gasteiger partial charge in [-0.25, -0.2) is 0 Å². The van der Waals surface area contributed by atoms with Gasteiger partial charge in [0.25, 0.3) is 0 Å². The lowest BCUT2D eigenvalue weighted by Gasteiger charge is -2.19. The molecule has 0 saturated carbocycles. The summed E-state index contributed by atoms with van der Waals surface area (Å²) < 4.78 is 5.20. The maximum absolute atomic E-state index is 11.5. The van der Waals surface area contributed by atoms with Gasteiger partial charge in [-0.2, -0.15) is 0 Å². The first-order valence-electron chi connectivity index (χ1n) is 4.73. The Balaban J connectivity index is 4.41. The quantitative estimate of drug-likeness (QED) is 0.641. The van der Waals surface area contributed by atoms with Crippen LogP contribution in [-0.2, 0) is 9.53 Å². The van der Waals surface area contributed by atoms with Crippen molar-refractivity contribution < 1.29 is 9.53 Å². The van der Waals surface area contributed by atoms with Crippen LogP contribution in [0.5, 0.6) is 0 Å². The van der Waals surface area contributed by atoms with Gasteiger partial charge in [-0.1, -0.05) is 20.8 Å². The Kier molecular flexibility index (Phi) is 5.88. The third kappa shape index (κ3) is 3.85. The third-order valence-electron chi connectivity index (χ3n) is 1.90. The number of hydrogen-bond donors (Lipinski definition) is 0. The molecule has 0 saturated heterocycles. The molecule has 0 aromatic rings. The van der Waals surface area contributed by atoms with Gasteiger partial charge >= 0.3 is 0 Å². The molecule has 0 spiro atoms. The molecule has 0 bridgehead atoms. The largest absolute Gasteiger partial charge is 0.487 e. The molecular weight excluding hydrogens is 184 g/mol. The molecule has 1 unspecified atom stereocenters. The van der Waals surface area contributed by atoms with E-state index in [-0.39, 0.29) is 17.6 Å². The van der Waals surface area contributed by atoms with Crippen LogP contribution in [-0.4, -0.2) is 17.4 Å². The van der Waals surface area contributed by atoms with E-state index in [1.807, 2.05) is 27.7 Å². The van der Waals surface area contributed by atoms with Crippen LogP contribution in [0, 0.1) is 11.8 Å². The standard InChI is InChI=1S/C10H18O2S/c1-5-8(11)9(7(3)4)10(13)12-6-2/h7,9H,5-6H2,1-4H3. The second-order valence-corrected chi connectivity index (χ2v) is 3.70. The van der Waals surface area contributed by atoms with E-state index in [0.717, 1.165) is 0 Å². The van der Waals surface area contributed by atoms with Crippen LogP contribution in [0.15, 0.2) is 0 Å². The zero-order valence-corrected chi connectivity index (χ0v) is 9.61. The van der Waals surface area contributed by atoms with E-state index in [1.165, 1.54) is 0 Å². The number of Topliss-reactive ketones (excluding diaryl/α,β-unsaturated/α-hetero) is 1. The van der Waals surface area contributed by atoms with Gasteiger partial charge in [0.2, 0.25) is 0 Å². The molecule has 1 atom stereocenters. The Hall–Kier alpha value is -0.440. The first-order chi connectivity index (χ1) is 6.04. The van der Waals surface area contributed by atoms with Crippen molar-refractivity contribution in [3.05, 3.63) is 0 Å². The van der Waals surface area contributed by atoms with Gasteiger partial charge in [0.05, 0.1) is 12.5 Å². The molecule has 0 aliphatic carbocycles. The predicted octanol–water partition coefficient (Wildman–Crippen LogP) is 2.60. The number of carbonyl (C=O) groups excluding carboxylic acids is 1. The maximum atomic E-state index is 11.5. The van der Waals surface area contributed by atoms with Gasteiger partial charge in [-0.3, -0.25) is 4.79 Å². The lowest BCUT2D eigenvalue weighted by atomic mass is 9.91. The van der Waals surface area contributed by atoms with Crippen molar-refractivity contribution in [1.82, 2.24) is 0 Å². The van der Waals surface area contributed by atoms with E-state index in [4.69, 9.17) is 17.0 Å². The van der Waals surface area contributed by atoms with E-state index in [0.29, 0.717) is 18.1 Å². The van der Waals surface area contributed by atoms with Crippen LogP contribution in [0.4, 0.5) is 0 Å². The van der Waals surface area contributed by atoms with Crippen molar-refractivity contribution in [2.45, 2.75) is 34.1 Å². The number of ketones is 1. The van der Waals surface area contributed by atoms with Gasteiger partial charge in [0, 0.05) is 6.42 Å². The highest BCUT2D eigenvalue weighted by Crippen LogP contribution is 2.17. The maximum Gasteiger partial charge on any atom is 0.170 e. The van der Waals surface area contributed by atoms with Gasteiger partial charge in [-0.05, 0) is 25.1 Å². The van der Waals surface area contributed by atoms with E-state index in [9.17, 15) is 4.79 Å². The van der Waals surface area contributed by atoms with Crippen molar-refractivity contribution in [3.63, 3.8) is 0 Å². The molecule has 0 amide bonds. The van der Waals surface area contributed by atoms with E-state index in [1.54, 1.807) is 0 Å². The third-order valence-corrected chi connectivity index (χ3v) is 2.27. The molecule has 0 aliphatic heterocycles. The molecule has 0 fully saturated rings. The Morgan fingerprint density at radius 3 is 2.23 bits per heavy atom. The molecule has 0 aromatic carbocycles. The molecule has 2 nitrogen and oxygen atoms in total. The summed E-state index contributed by atoms with van der Waals surface area (Å²) in [4.78, 5) is 11.5. The summed E-state index contributed by atoms with van der Waals surface area (Å²) in [6.45, 7) is 8.25. The summed E-state index contributed by atoms with van der Waals surface area (Å²) in [6, 6.07) is 0. The second-order valence-electron chi connectivity index (χ2n) is 3.29. The van der Waals surface area contributed by atoms with Gasteiger partial charge in [0.1, 0.15) is 5.78 Å². The number of thiocarbonyl (C=S) groups is 1. The minimum atomic E-state index is -0.208. The van der Waals surface area contributed by atoms with Gasteiger partial charge in [-0.15, -0.1) is 0 Å². The Morgan fingerprint density at radius 2 is 1.92 bits per heavy atom. The average molecular weight is 202 g/mol. The molecule has 3 heteroatoms. The van der Waals surface area contributed by atoms with Crippen LogP contribution in [0.1, 0.15) is 34.1 Å². The lowest BCUT2D eigenvalue weighted by molar-refractivity contribution is -0.121. The van der Waals surface area contributed by atoms with Crippen LogP contribution < -0.4 is 0 Å². The highest BCUT2D eigenvalue weighted by Gasteiger charge is 2.25. The van der Waals surface area contributed by atoms with Crippen molar-refractivity contribution >= 4 is 23.1 Å². The van der Waals surface area contributed by atoms with E-state index in [2.05, 4.69) is 0 Å². The Bertz CT molecular complexity index is 187. The van der Waals surface area contributed by atoms with Crippen LogP contribution >= 0.6 is 12.2 Å². The molecule has 0 aromatic heterocycles. The van der Waals surface area contributed by atoms with Gasteiger partial charge < -0.3 is 4.74 Å². The number of carbonyl (C=O) groups is 1. The zero-order valence-electron chi connectivity index (χ0n) is 8.79. The molecular formula is C10H18O2S. The SMILES string of the molecule is CCOC(=S)C(C(=O)CC)C(C)C. The fourth-order valence-electron chi connectivity index (χ4n) is 1.23. The first-order valence-corrected chi connectivity index (χ1v) is 5.14. The number of rotatable bonds is 5. The second kappa shape index (κ2) is 6.08. The Labute approximate surface area is 85.7 Å². The van der Waals surface area contributed by atoms with Crippen molar-refractivity contribution in [2.24, 2.45) is 11.8 Å².